The highest BCUT2D eigenvalue weighted by atomic mass is 16.2. The van der Waals surface area contributed by atoms with E-state index >= 15 is 0 Å². The van der Waals surface area contributed by atoms with Crippen LogP contribution in [-0.2, 0) is 16.0 Å². The molecule has 0 bridgehead atoms. The normalized spacial score (nSPS) is 15.0. The van der Waals surface area contributed by atoms with E-state index in [4.69, 9.17) is 5.73 Å². The summed E-state index contributed by atoms with van der Waals surface area (Å²) >= 11 is 0. The summed E-state index contributed by atoms with van der Waals surface area (Å²) in [5.74, 6) is 0.0539. The molecule has 5 nitrogen and oxygen atoms in total. The number of benzene rings is 1. The van der Waals surface area contributed by atoms with Crippen LogP contribution >= 0.6 is 0 Å². The Bertz CT molecular complexity index is 513. The predicted octanol–water partition coefficient (Wildman–Crippen LogP) is 1.71. The van der Waals surface area contributed by atoms with Gasteiger partial charge in [0, 0.05) is 25.6 Å². The van der Waals surface area contributed by atoms with Crippen molar-refractivity contribution in [3.8, 4) is 0 Å². The smallest absolute Gasteiger partial charge is 0.242 e. The van der Waals surface area contributed by atoms with E-state index < -0.39 is 0 Å². The van der Waals surface area contributed by atoms with E-state index in [1.54, 1.807) is 4.90 Å². The molecule has 0 aromatic heterocycles. The highest BCUT2D eigenvalue weighted by molar-refractivity contribution is 5.85. The Hall–Kier alpha value is -1.88. The summed E-state index contributed by atoms with van der Waals surface area (Å²) in [5, 5.41) is 2.82. The molecule has 1 aliphatic rings. The molecule has 1 saturated carbocycles. The summed E-state index contributed by atoms with van der Waals surface area (Å²) in [6.45, 7) is 1.64. The van der Waals surface area contributed by atoms with Crippen molar-refractivity contribution < 1.29 is 9.59 Å². The van der Waals surface area contributed by atoms with Crippen LogP contribution < -0.4 is 11.1 Å². The molecule has 3 N–H and O–H groups in total. The van der Waals surface area contributed by atoms with Crippen molar-refractivity contribution in [1.29, 1.82) is 0 Å². The Kier molecular flexibility index (Phi) is 7.75. The molecule has 1 aromatic carbocycles. The van der Waals surface area contributed by atoms with E-state index in [2.05, 4.69) is 17.4 Å². The minimum absolute atomic E-state index is 0.0267. The van der Waals surface area contributed by atoms with Gasteiger partial charge >= 0.3 is 0 Å². The topological polar surface area (TPSA) is 75.4 Å². The largest absolute Gasteiger partial charge is 0.347 e. The number of amides is 2. The highest BCUT2D eigenvalue weighted by Crippen LogP contribution is 2.23. The number of nitrogens with one attached hydrogen (secondary N) is 1. The zero-order chi connectivity index (χ0) is 17.2. The van der Waals surface area contributed by atoms with Gasteiger partial charge in [0.05, 0.1) is 6.54 Å². The second-order valence-electron chi connectivity index (χ2n) is 6.46. The number of carbonyl (C=O) groups is 2. The first-order valence-electron chi connectivity index (χ1n) is 9.00. The first-order chi connectivity index (χ1) is 11.7. The molecule has 24 heavy (non-hydrogen) atoms. The van der Waals surface area contributed by atoms with Gasteiger partial charge in [0.2, 0.25) is 11.8 Å². The molecule has 0 radical (unpaired) electrons. The van der Waals surface area contributed by atoms with Gasteiger partial charge < -0.3 is 16.0 Å². The van der Waals surface area contributed by atoms with Crippen LogP contribution in [0.4, 0.5) is 0 Å². The van der Waals surface area contributed by atoms with Crippen LogP contribution in [0.15, 0.2) is 30.3 Å². The standard InChI is InChI=1S/C19H29N3O2/c20-12-14-22(13-11-16-7-3-1-4-8-16)18(23)15-21-19(24)17-9-5-2-6-10-17/h1,3-4,7-8,17H,2,5-6,9-15,20H2,(H,21,24). The van der Waals surface area contributed by atoms with E-state index in [1.165, 1.54) is 12.0 Å². The van der Waals surface area contributed by atoms with Crippen molar-refractivity contribution in [2.75, 3.05) is 26.2 Å². The van der Waals surface area contributed by atoms with Crippen molar-refractivity contribution in [2.45, 2.75) is 38.5 Å². The lowest BCUT2D eigenvalue weighted by Crippen LogP contribution is -2.44. The van der Waals surface area contributed by atoms with Gasteiger partial charge in [-0.05, 0) is 24.8 Å². The van der Waals surface area contributed by atoms with E-state index in [-0.39, 0.29) is 24.3 Å². The molecule has 1 aliphatic carbocycles. The minimum Gasteiger partial charge on any atom is -0.347 e. The fourth-order valence-corrected chi connectivity index (χ4v) is 3.21. The van der Waals surface area contributed by atoms with Crippen molar-refractivity contribution >= 4 is 11.8 Å². The number of hydrogen-bond donors (Lipinski definition) is 2. The maximum atomic E-state index is 12.4. The quantitative estimate of drug-likeness (QED) is 0.761. The first-order valence-corrected chi connectivity index (χ1v) is 9.00. The Morgan fingerprint density at radius 1 is 1.08 bits per heavy atom. The Morgan fingerprint density at radius 3 is 2.46 bits per heavy atom. The van der Waals surface area contributed by atoms with Crippen LogP contribution in [0.5, 0.6) is 0 Å². The van der Waals surface area contributed by atoms with Gasteiger partial charge in [0.25, 0.3) is 0 Å². The molecule has 2 rings (SSSR count). The van der Waals surface area contributed by atoms with Gasteiger partial charge in [0.1, 0.15) is 0 Å². The third-order valence-corrected chi connectivity index (χ3v) is 4.65. The maximum absolute atomic E-state index is 12.4. The summed E-state index contributed by atoms with van der Waals surface area (Å²) < 4.78 is 0. The summed E-state index contributed by atoms with van der Waals surface area (Å²) in [5.41, 5.74) is 6.82. The van der Waals surface area contributed by atoms with Gasteiger partial charge in [0.15, 0.2) is 0 Å². The molecular weight excluding hydrogens is 302 g/mol. The zero-order valence-electron chi connectivity index (χ0n) is 14.4. The fraction of sp³-hybridized carbons (Fsp3) is 0.579. The van der Waals surface area contributed by atoms with E-state index in [0.717, 1.165) is 32.1 Å². The lowest BCUT2D eigenvalue weighted by atomic mass is 9.89. The Labute approximate surface area is 144 Å². The average molecular weight is 331 g/mol. The van der Waals surface area contributed by atoms with Crippen molar-refractivity contribution in [1.82, 2.24) is 10.2 Å². The lowest BCUT2D eigenvalue weighted by Gasteiger charge is -2.24. The SMILES string of the molecule is NCCN(CCc1ccccc1)C(=O)CNC(=O)C1CCCCC1. The minimum atomic E-state index is -0.0551. The average Bonchev–Trinajstić information content (AvgIpc) is 2.64. The van der Waals surface area contributed by atoms with Crippen LogP contribution in [0.1, 0.15) is 37.7 Å². The molecule has 0 saturated heterocycles. The van der Waals surface area contributed by atoms with Crippen molar-refractivity contribution in [3.63, 3.8) is 0 Å². The zero-order valence-corrected chi connectivity index (χ0v) is 14.4. The molecule has 0 atom stereocenters. The van der Waals surface area contributed by atoms with E-state index in [9.17, 15) is 9.59 Å². The van der Waals surface area contributed by atoms with Crippen LogP contribution in [0.2, 0.25) is 0 Å². The molecule has 132 valence electrons. The summed E-state index contributed by atoms with van der Waals surface area (Å²) in [7, 11) is 0. The lowest BCUT2D eigenvalue weighted by molar-refractivity contribution is -0.134. The molecule has 5 heteroatoms. The molecule has 0 spiro atoms. The third kappa shape index (κ3) is 5.96. The molecule has 0 unspecified atom stereocenters. The predicted molar refractivity (Wildman–Crippen MR) is 95.4 cm³/mol. The second-order valence-corrected chi connectivity index (χ2v) is 6.46. The van der Waals surface area contributed by atoms with Gasteiger partial charge in [-0.15, -0.1) is 0 Å². The number of rotatable bonds is 8. The van der Waals surface area contributed by atoms with Crippen LogP contribution in [0.25, 0.3) is 0 Å². The number of carbonyl (C=O) groups excluding carboxylic acids is 2. The van der Waals surface area contributed by atoms with Crippen LogP contribution in [-0.4, -0.2) is 42.9 Å². The molecule has 0 aliphatic heterocycles. The first kappa shape index (κ1) is 18.5. The molecule has 1 aromatic rings. The van der Waals surface area contributed by atoms with Gasteiger partial charge in [-0.1, -0.05) is 49.6 Å². The van der Waals surface area contributed by atoms with Crippen molar-refractivity contribution in [3.05, 3.63) is 35.9 Å². The molecule has 0 heterocycles. The third-order valence-electron chi connectivity index (χ3n) is 4.65. The Morgan fingerprint density at radius 2 is 1.79 bits per heavy atom. The van der Waals surface area contributed by atoms with Crippen LogP contribution in [0.3, 0.4) is 0 Å². The molecule has 1 fully saturated rings. The Balaban J connectivity index is 1.78. The number of nitrogens with zero attached hydrogens (tertiary/aromatic N) is 1. The van der Waals surface area contributed by atoms with Gasteiger partial charge in [-0.25, -0.2) is 0 Å². The van der Waals surface area contributed by atoms with Crippen LogP contribution in [0, 0.1) is 5.92 Å². The van der Waals surface area contributed by atoms with Gasteiger partial charge in [-0.3, -0.25) is 9.59 Å². The molecule has 2 amide bonds. The maximum Gasteiger partial charge on any atom is 0.242 e. The number of hydrogen-bond acceptors (Lipinski definition) is 3. The second kappa shape index (κ2) is 10.1. The van der Waals surface area contributed by atoms with E-state index in [1.807, 2.05) is 18.2 Å². The molecular formula is C19H29N3O2. The fourth-order valence-electron chi connectivity index (χ4n) is 3.21. The highest BCUT2D eigenvalue weighted by Gasteiger charge is 2.22. The van der Waals surface area contributed by atoms with Gasteiger partial charge in [-0.2, -0.15) is 0 Å². The van der Waals surface area contributed by atoms with E-state index in [0.29, 0.717) is 19.6 Å². The van der Waals surface area contributed by atoms with Crippen molar-refractivity contribution in [2.24, 2.45) is 11.7 Å². The summed E-state index contributed by atoms with van der Waals surface area (Å²) in [4.78, 5) is 26.3. The summed E-state index contributed by atoms with van der Waals surface area (Å²) in [6.07, 6.45) is 6.13. The number of nitrogens with two attached hydrogens (primary N) is 1. The monoisotopic (exact) mass is 331 g/mol. The summed E-state index contributed by atoms with van der Waals surface area (Å²) in [6, 6.07) is 10.1.